The number of carbonyl (C=O) groups is 1. The lowest BCUT2D eigenvalue weighted by Gasteiger charge is -2.18. The molecule has 1 aromatic heterocycles. The van der Waals surface area contributed by atoms with Gasteiger partial charge in [-0.2, -0.15) is 5.10 Å². The number of aryl methyl sites for hydroxylation is 1. The van der Waals surface area contributed by atoms with Crippen molar-refractivity contribution in [1.82, 2.24) is 14.8 Å². The van der Waals surface area contributed by atoms with Crippen LogP contribution in [-0.4, -0.2) is 25.8 Å². The number of fused-ring (bicyclic) bond motifs is 1. The third-order valence-corrected chi connectivity index (χ3v) is 2.94. The van der Waals surface area contributed by atoms with E-state index in [1.54, 1.807) is 4.68 Å². The van der Waals surface area contributed by atoms with Crippen molar-refractivity contribution >= 4 is 5.97 Å². The fourth-order valence-electron chi connectivity index (χ4n) is 2.11. The molecular formula is C12H19N3O2. The molecule has 1 atom stereocenters. The summed E-state index contributed by atoms with van der Waals surface area (Å²) in [5, 5.41) is 13.4. The monoisotopic (exact) mass is 237 g/mol. The van der Waals surface area contributed by atoms with Crippen LogP contribution in [-0.2, 0) is 24.2 Å². The van der Waals surface area contributed by atoms with E-state index < -0.39 is 5.97 Å². The maximum absolute atomic E-state index is 10.9. The molecule has 5 heteroatoms. The van der Waals surface area contributed by atoms with E-state index in [1.165, 1.54) is 0 Å². The molecule has 0 saturated heterocycles. The molecule has 0 bridgehead atoms. The molecule has 0 aliphatic carbocycles. The first-order valence-corrected chi connectivity index (χ1v) is 6.00. The highest BCUT2D eigenvalue weighted by molar-refractivity contribution is 5.70. The van der Waals surface area contributed by atoms with Crippen LogP contribution in [0.5, 0.6) is 0 Å². The van der Waals surface area contributed by atoms with E-state index >= 15 is 0 Å². The molecule has 0 spiro atoms. The van der Waals surface area contributed by atoms with E-state index in [2.05, 4.69) is 30.9 Å². The number of hydrogen-bond donors (Lipinski definition) is 1. The van der Waals surface area contributed by atoms with Gasteiger partial charge >= 0.3 is 5.97 Å². The zero-order chi connectivity index (χ0) is 12.6. The van der Waals surface area contributed by atoms with Crippen LogP contribution >= 0.6 is 0 Å². The lowest BCUT2D eigenvalue weighted by Crippen LogP contribution is -2.27. The van der Waals surface area contributed by atoms with Gasteiger partial charge in [-0.15, -0.1) is 0 Å². The molecule has 2 rings (SSSR count). The van der Waals surface area contributed by atoms with Gasteiger partial charge in [0.25, 0.3) is 0 Å². The van der Waals surface area contributed by atoms with Gasteiger partial charge in [-0.1, -0.05) is 20.8 Å². The largest absolute Gasteiger partial charge is 0.481 e. The normalized spacial score (nSPS) is 20.1. The van der Waals surface area contributed by atoms with Crippen molar-refractivity contribution in [3.05, 3.63) is 11.6 Å². The number of aromatic nitrogens is 3. The Morgan fingerprint density at radius 2 is 2.24 bits per heavy atom. The molecule has 0 aromatic carbocycles. The van der Waals surface area contributed by atoms with E-state index in [4.69, 9.17) is 5.11 Å². The Balaban J connectivity index is 2.15. The third kappa shape index (κ3) is 2.84. The van der Waals surface area contributed by atoms with Gasteiger partial charge in [0.05, 0.1) is 12.5 Å². The second-order valence-electron chi connectivity index (χ2n) is 5.94. The van der Waals surface area contributed by atoms with Gasteiger partial charge in [0, 0.05) is 12.8 Å². The average Bonchev–Trinajstić information content (AvgIpc) is 2.54. The van der Waals surface area contributed by atoms with E-state index in [9.17, 15) is 4.79 Å². The Morgan fingerprint density at radius 3 is 2.82 bits per heavy atom. The predicted octanol–water partition coefficient (Wildman–Crippen LogP) is 1.51. The first kappa shape index (κ1) is 12.1. The summed E-state index contributed by atoms with van der Waals surface area (Å²) in [6, 6.07) is 0. The van der Waals surface area contributed by atoms with Crippen molar-refractivity contribution in [3.63, 3.8) is 0 Å². The highest BCUT2D eigenvalue weighted by Crippen LogP contribution is 2.22. The van der Waals surface area contributed by atoms with Gasteiger partial charge in [-0.05, 0) is 11.8 Å². The van der Waals surface area contributed by atoms with Gasteiger partial charge in [-0.3, -0.25) is 4.79 Å². The van der Waals surface area contributed by atoms with Crippen molar-refractivity contribution in [2.24, 2.45) is 11.3 Å². The van der Waals surface area contributed by atoms with Crippen LogP contribution in [0.25, 0.3) is 0 Å². The summed E-state index contributed by atoms with van der Waals surface area (Å²) in [5.41, 5.74) is 0.156. The SMILES string of the molecule is CC(C)(C)Cc1nc2n(n1)CC(C(=O)O)CC2. The van der Waals surface area contributed by atoms with Crippen LogP contribution in [0.4, 0.5) is 0 Å². The smallest absolute Gasteiger partial charge is 0.308 e. The highest BCUT2D eigenvalue weighted by atomic mass is 16.4. The molecular weight excluding hydrogens is 218 g/mol. The molecule has 0 amide bonds. The van der Waals surface area contributed by atoms with E-state index in [0.29, 0.717) is 19.4 Å². The predicted molar refractivity (Wildman–Crippen MR) is 62.6 cm³/mol. The van der Waals surface area contributed by atoms with Gasteiger partial charge < -0.3 is 5.11 Å². The lowest BCUT2D eigenvalue weighted by molar-refractivity contribution is -0.142. The van der Waals surface area contributed by atoms with Gasteiger partial charge in [0.2, 0.25) is 0 Å². The molecule has 1 aliphatic heterocycles. The first-order chi connectivity index (χ1) is 7.85. The first-order valence-electron chi connectivity index (χ1n) is 6.00. The molecule has 1 N–H and O–H groups in total. The van der Waals surface area contributed by atoms with Crippen LogP contribution in [0.2, 0.25) is 0 Å². The van der Waals surface area contributed by atoms with Crippen LogP contribution in [0.1, 0.15) is 38.8 Å². The maximum atomic E-state index is 10.9. The minimum Gasteiger partial charge on any atom is -0.481 e. The van der Waals surface area contributed by atoms with Crippen molar-refractivity contribution in [2.75, 3.05) is 0 Å². The quantitative estimate of drug-likeness (QED) is 0.846. The molecule has 1 aromatic rings. The van der Waals surface area contributed by atoms with Crippen molar-refractivity contribution in [1.29, 1.82) is 0 Å². The van der Waals surface area contributed by atoms with Crippen LogP contribution < -0.4 is 0 Å². The average molecular weight is 237 g/mol. The summed E-state index contributed by atoms with van der Waals surface area (Å²) in [6.45, 7) is 6.90. The minimum atomic E-state index is -0.733. The molecule has 2 heterocycles. The molecule has 1 unspecified atom stereocenters. The van der Waals surface area contributed by atoms with E-state index in [1.807, 2.05) is 0 Å². The van der Waals surface area contributed by atoms with E-state index in [-0.39, 0.29) is 11.3 Å². The van der Waals surface area contributed by atoms with Crippen LogP contribution in [0, 0.1) is 11.3 Å². The van der Waals surface area contributed by atoms with Gasteiger partial charge in [0.1, 0.15) is 5.82 Å². The van der Waals surface area contributed by atoms with Crippen molar-refractivity contribution < 1.29 is 9.90 Å². The summed E-state index contributed by atoms with van der Waals surface area (Å²) in [5.74, 6) is 0.718. The Bertz CT molecular complexity index is 431. The van der Waals surface area contributed by atoms with Gasteiger partial charge in [0.15, 0.2) is 5.82 Å². The molecule has 0 fully saturated rings. The Hall–Kier alpha value is -1.39. The molecule has 0 radical (unpaired) electrons. The van der Waals surface area contributed by atoms with Crippen molar-refractivity contribution in [3.8, 4) is 0 Å². The van der Waals surface area contributed by atoms with Crippen LogP contribution in [0.3, 0.4) is 0 Å². The van der Waals surface area contributed by atoms with Crippen molar-refractivity contribution in [2.45, 2.75) is 46.6 Å². The molecule has 5 nitrogen and oxygen atoms in total. The number of hydrogen-bond acceptors (Lipinski definition) is 3. The fraction of sp³-hybridized carbons (Fsp3) is 0.750. The summed E-state index contributed by atoms with van der Waals surface area (Å²) in [4.78, 5) is 15.4. The Morgan fingerprint density at radius 1 is 1.53 bits per heavy atom. The zero-order valence-corrected chi connectivity index (χ0v) is 10.6. The Kier molecular flexibility index (Phi) is 2.93. The summed E-state index contributed by atoms with van der Waals surface area (Å²) in [7, 11) is 0. The second kappa shape index (κ2) is 4.13. The summed E-state index contributed by atoms with van der Waals surface area (Å²) in [6.07, 6.45) is 2.21. The number of rotatable bonds is 2. The fourth-order valence-corrected chi connectivity index (χ4v) is 2.11. The summed E-state index contributed by atoms with van der Waals surface area (Å²) < 4.78 is 1.77. The standard InChI is InChI=1S/C12H19N3O2/c1-12(2,3)6-9-13-10-5-4-8(11(16)17)7-15(10)14-9/h8H,4-7H2,1-3H3,(H,16,17). The van der Waals surface area contributed by atoms with Gasteiger partial charge in [-0.25, -0.2) is 9.67 Å². The van der Waals surface area contributed by atoms with E-state index in [0.717, 1.165) is 18.1 Å². The molecule has 17 heavy (non-hydrogen) atoms. The molecule has 0 saturated carbocycles. The maximum Gasteiger partial charge on any atom is 0.308 e. The number of aliphatic carboxylic acids is 1. The highest BCUT2D eigenvalue weighted by Gasteiger charge is 2.27. The number of nitrogens with zero attached hydrogens (tertiary/aromatic N) is 3. The third-order valence-electron chi connectivity index (χ3n) is 2.94. The molecule has 94 valence electrons. The second-order valence-corrected chi connectivity index (χ2v) is 5.94. The minimum absolute atomic E-state index is 0.156. The number of carboxylic acids is 1. The zero-order valence-electron chi connectivity index (χ0n) is 10.6. The summed E-state index contributed by atoms with van der Waals surface area (Å²) >= 11 is 0. The number of carboxylic acid groups (broad SMARTS) is 1. The Labute approximate surface area is 101 Å². The van der Waals surface area contributed by atoms with Crippen LogP contribution in [0.15, 0.2) is 0 Å². The lowest BCUT2D eigenvalue weighted by atomic mass is 9.92. The topological polar surface area (TPSA) is 68.0 Å². The molecule has 1 aliphatic rings.